The van der Waals surface area contributed by atoms with Crippen LogP contribution >= 0.6 is 0 Å². The standard InChI is InChI=1S/C17H16N4O2/c1-10-3-4-11(16(18)22)7-13(10)20-17(23)12-5-6-15-14(8-12)19-9-21(15)2/h3-9H,1-2H3,(H2,18,22)(H,20,23). The third-order valence-electron chi connectivity index (χ3n) is 3.76. The SMILES string of the molecule is Cc1ccc(C(N)=O)cc1NC(=O)c1ccc2c(c1)ncn2C. The number of carbonyl (C=O) groups excluding carboxylic acids is 2. The predicted octanol–water partition coefficient (Wildman–Crippen LogP) is 2.23. The Morgan fingerprint density at radius 3 is 2.61 bits per heavy atom. The quantitative estimate of drug-likeness (QED) is 0.777. The number of nitrogens with two attached hydrogens (primary N) is 1. The van der Waals surface area contributed by atoms with E-state index in [0.717, 1.165) is 16.6 Å². The molecule has 2 amide bonds. The number of hydrogen-bond donors (Lipinski definition) is 2. The van der Waals surface area contributed by atoms with Gasteiger partial charge in [-0.2, -0.15) is 0 Å². The van der Waals surface area contributed by atoms with E-state index in [2.05, 4.69) is 10.3 Å². The van der Waals surface area contributed by atoms with Crippen LogP contribution in [0.5, 0.6) is 0 Å². The van der Waals surface area contributed by atoms with E-state index < -0.39 is 5.91 Å². The first-order chi connectivity index (χ1) is 11.0. The molecule has 6 heteroatoms. The Morgan fingerprint density at radius 1 is 1.13 bits per heavy atom. The van der Waals surface area contributed by atoms with Crippen LogP contribution in [0.2, 0.25) is 0 Å². The summed E-state index contributed by atoms with van der Waals surface area (Å²) in [5.74, 6) is -0.794. The van der Waals surface area contributed by atoms with Crippen molar-refractivity contribution in [2.45, 2.75) is 6.92 Å². The average Bonchev–Trinajstić information content (AvgIpc) is 2.90. The minimum atomic E-state index is -0.532. The zero-order chi connectivity index (χ0) is 16.6. The molecule has 3 N–H and O–H groups in total. The van der Waals surface area contributed by atoms with Gasteiger partial charge < -0.3 is 15.6 Å². The molecule has 0 aliphatic rings. The van der Waals surface area contributed by atoms with Crippen LogP contribution in [0, 0.1) is 6.92 Å². The molecular formula is C17H16N4O2. The highest BCUT2D eigenvalue weighted by Gasteiger charge is 2.11. The average molecular weight is 308 g/mol. The molecule has 0 bridgehead atoms. The molecule has 116 valence electrons. The van der Waals surface area contributed by atoms with Crippen LogP contribution in [0.25, 0.3) is 11.0 Å². The van der Waals surface area contributed by atoms with Crippen LogP contribution in [0.4, 0.5) is 5.69 Å². The van der Waals surface area contributed by atoms with Crippen molar-refractivity contribution in [3.05, 3.63) is 59.4 Å². The summed E-state index contributed by atoms with van der Waals surface area (Å²) in [4.78, 5) is 27.9. The molecule has 0 radical (unpaired) electrons. The highest BCUT2D eigenvalue weighted by atomic mass is 16.2. The van der Waals surface area contributed by atoms with E-state index in [0.29, 0.717) is 16.8 Å². The first-order valence-electron chi connectivity index (χ1n) is 7.08. The second kappa shape index (κ2) is 5.57. The fraction of sp³-hybridized carbons (Fsp3) is 0.118. The maximum absolute atomic E-state index is 12.4. The van der Waals surface area contributed by atoms with Crippen molar-refractivity contribution in [2.75, 3.05) is 5.32 Å². The molecule has 1 aromatic heterocycles. The van der Waals surface area contributed by atoms with Crippen molar-refractivity contribution in [3.63, 3.8) is 0 Å². The van der Waals surface area contributed by atoms with Gasteiger partial charge in [0.25, 0.3) is 5.91 Å². The van der Waals surface area contributed by atoms with E-state index in [1.165, 1.54) is 0 Å². The largest absolute Gasteiger partial charge is 0.366 e. The van der Waals surface area contributed by atoms with Gasteiger partial charge in [-0.3, -0.25) is 9.59 Å². The van der Waals surface area contributed by atoms with Crippen molar-refractivity contribution in [2.24, 2.45) is 12.8 Å². The van der Waals surface area contributed by atoms with Crippen LogP contribution in [0.15, 0.2) is 42.7 Å². The maximum Gasteiger partial charge on any atom is 0.255 e. The fourth-order valence-electron chi connectivity index (χ4n) is 2.38. The molecule has 0 aliphatic carbocycles. The number of imidazole rings is 1. The monoisotopic (exact) mass is 308 g/mol. The van der Waals surface area contributed by atoms with Crippen molar-refractivity contribution in [1.82, 2.24) is 9.55 Å². The van der Waals surface area contributed by atoms with Gasteiger partial charge in [0.2, 0.25) is 5.91 Å². The second-order valence-corrected chi connectivity index (χ2v) is 5.41. The number of carbonyl (C=O) groups is 2. The Kier molecular flexibility index (Phi) is 3.57. The molecule has 0 spiro atoms. The van der Waals surface area contributed by atoms with Crippen LogP contribution in [-0.4, -0.2) is 21.4 Å². The first-order valence-corrected chi connectivity index (χ1v) is 7.08. The molecule has 3 rings (SSSR count). The molecule has 6 nitrogen and oxygen atoms in total. The summed E-state index contributed by atoms with van der Waals surface area (Å²) in [7, 11) is 1.90. The summed E-state index contributed by atoms with van der Waals surface area (Å²) >= 11 is 0. The van der Waals surface area contributed by atoms with E-state index in [1.54, 1.807) is 36.7 Å². The summed E-state index contributed by atoms with van der Waals surface area (Å²) in [6, 6.07) is 10.3. The number of nitrogens with one attached hydrogen (secondary N) is 1. The highest BCUT2D eigenvalue weighted by Crippen LogP contribution is 2.19. The minimum Gasteiger partial charge on any atom is -0.366 e. The summed E-state index contributed by atoms with van der Waals surface area (Å²) in [6.45, 7) is 1.85. The van der Waals surface area contributed by atoms with Crippen LogP contribution in [-0.2, 0) is 7.05 Å². The van der Waals surface area contributed by atoms with Crippen molar-refractivity contribution < 1.29 is 9.59 Å². The van der Waals surface area contributed by atoms with Gasteiger partial charge in [0.05, 0.1) is 17.4 Å². The smallest absolute Gasteiger partial charge is 0.255 e. The lowest BCUT2D eigenvalue weighted by Gasteiger charge is -2.10. The van der Waals surface area contributed by atoms with Crippen LogP contribution < -0.4 is 11.1 Å². The Labute approximate surface area is 132 Å². The maximum atomic E-state index is 12.4. The summed E-state index contributed by atoms with van der Waals surface area (Å²) in [5.41, 5.74) is 9.25. The number of aryl methyl sites for hydroxylation is 2. The van der Waals surface area contributed by atoms with Crippen molar-refractivity contribution >= 4 is 28.5 Å². The van der Waals surface area contributed by atoms with Gasteiger partial charge in [0, 0.05) is 23.9 Å². The number of anilines is 1. The first kappa shape index (κ1) is 14.8. The minimum absolute atomic E-state index is 0.262. The van der Waals surface area contributed by atoms with Gasteiger partial charge in [-0.05, 0) is 42.8 Å². The Hall–Kier alpha value is -3.15. The Bertz CT molecular complexity index is 927. The molecule has 0 aliphatic heterocycles. The molecule has 0 saturated heterocycles. The van der Waals surface area contributed by atoms with Gasteiger partial charge in [-0.25, -0.2) is 4.98 Å². The number of hydrogen-bond acceptors (Lipinski definition) is 3. The van der Waals surface area contributed by atoms with E-state index in [9.17, 15) is 9.59 Å². The molecule has 0 saturated carbocycles. The third kappa shape index (κ3) is 2.78. The van der Waals surface area contributed by atoms with Gasteiger partial charge in [-0.1, -0.05) is 6.07 Å². The molecule has 1 heterocycles. The van der Waals surface area contributed by atoms with E-state index in [4.69, 9.17) is 5.73 Å². The Morgan fingerprint density at radius 2 is 1.87 bits per heavy atom. The molecule has 0 fully saturated rings. The fourth-order valence-corrected chi connectivity index (χ4v) is 2.38. The lowest BCUT2D eigenvalue weighted by atomic mass is 10.1. The molecule has 0 unspecified atom stereocenters. The van der Waals surface area contributed by atoms with Gasteiger partial charge in [0.1, 0.15) is 0 Å². The van der Waals surface area contributed by atoms with Crippen LogP contribution in [0.1, 0.15) is 26.3 Å². The lowest BCUT2D eigenvalue weighted by Crippen LogP contribution is -2.15. The summed E-state index contributed by atoms with van der Waals surface area (Å²) in [5, 5.41) is 2.81. The Balaban J connectivity index is 1.91. The number of fused-ring (bicyclic) bond motifs is 1. The van der Waals surface area contributed by atoms with E-state index in [1.807, 2.05) is 24.6 Å². The van der Waals surface area contributed by atoms with Crippen LogP contribution in [0.3, 0.4) is 0 Å². The predicted molar refractivity (Wildman–Crippen MR) is 88.4 cm³/mol. The summed E-state index contributed by atoms with van der Waals surface area (Å²) < 4.78 is 1.89. The number of rotatable bonds is 3. The zero-order valence-electron chi connectivity index (χ0n) is 12.8. The topological polar surface area (TPSA) is 90.0 Å². The number of primary amides is 1. The number of benzene rings is 2. The second-order valence-electron chi connectivity index (χ2n) is 5.41. The molecule has 0 atom stereocenters. The van der Waals surface area contributed by atoms with Gasteiger partial charge >= 0.3 is 0 Å². The van der Waals surface area contributed by atoms with Crippen molar-refractivity contribution in [1.29, 1.82) is 0 Å². The molecule has 3 aromatic rings. The lowest BCUT2D eigenvalue weighted by molar-refractivity contribution is 0.0996. The van der Waals surface area contributed by atoms with Gasteiger partial charge in [0.15, 0.2) is 0 Å². The van der Waals surface area contributed by atoms with Crippen molar-refractivity contribution in [3.8, 4) is 0 Å². The van der Waals surface area contributed by atoms with E-state index in [-0.39, 0.29) is 5.91 Å². The van der Waals surface area contributed by atoms with E-state index >= 15 is 0 Å². The summed E-state index contributed by atoms with van der Waals surface area (Å²) in [6.07, 6.45) is 1.70. The molecule has 23 heavy (non-hydrogen) atoms. The zero-order valence-corrected chi connectivity index (χ0v) is 12.8. The normalized spacial score (nSPS) is 10.7. The molecule has 2 aromatic carbocycles. The molecular weight excluding hydrogens is 292 g/mol. The number of aromatic nitrogens is 2. The van der Waals surface area contributed by atoms with Gasteiger partial charge in [-0.15, -0.1) is 0 Å². The number of nitrogens with zero attached hydrogens (tertiary/aromatic N) is 2. The third-order valence-corrected chi connectivity index (χ3v) is 3.76. The highest BCUT2D eigenvalue weighted by molar-refractivity contribution is 6.07. The number of amides is 2.